The molecule has 4 nitrogen and oxygen atoms in total. The minimum atomic E-state index is -3.66. The molecule has 180 valence electrons. The average molecular weight is 468 g/mol. The number of hydrogen-bond donors (Lipinski definition) is 0. The van der Waals surface area contributed by atoms with Crippen LogP contribution in [0.4, 0.5) is 8.78 Å². The zero-order chi connectivity index (χ0) is 24.3. The van der Waals surface area contributed by atoms with Crippen LogP contribution in [0.25, 0.3) is 10.9 Å². The van der Waals surface area contributed by atoms with E-state index in [-0.39, 0.29) is 22.7 Å². The maximum Gasteiger partial charge on any atom is 0.586 e. The molecule has 2 aromatic carbocycles. The van der Waals surface area contributed by atoms with Gasteiger partial charge in [0, 0.05) is 35.0 Å². The first-order valence-electron chi connectivity index (χ1n) is 12.1. The van der Waals surface area contributed by atoms with E-state index in [1.165, 1.54) is 23.3 Å². The molecule has 5 rings (SSSR count). The van der Waals surface area contributed by atoms with Gasteiger partial charge >= 0.3 is 6.29 Å². The highest BCUT2D eigenvalue weighted by molar-refractivity contribution is 5.95. The van der Waals surface area contributed by atoms with Crippen LogP contribution in [0.15, 0.2) is 42.5 Å². The number of carbonyl (C=O) groups is 1. The summed E-state index contributed by atoms with van der Waals surface area (Å²) in [6.45, 7) is 9.87. The van der Waals surface area contributed by atoms with Gasteiger partial charge in [0.1, 0.15) is 5.78 Å². The van der Waals surface area contributed by atoms with E-state index in [1.54, 1.807) is 6.07 Å². The Hall–Kier alpha value is -2.89. The first-order valence-corrected chi connectivity index (χ1v) is 12.1. The van der Waals surface area contributed by atoms with Crippen LogP contribution in [0.5, 0.6) is 11.5 Å². The van der Waals surface area contributed by atoms with Crippen LogP contribution in [0.1, 0.15) is 70.2 Å². The summed E-state index contributed by atoms with van der Waals surface area (Å²) in [6, 6.07) is 13.3. The number of rotatable bonds is 7. The lowest BCUT2D eigenvalue weighted by Gasteiger charge is -2.22. The Kier molecular flexibility index (Phi) is 5.26. The number of ketones is 1. The third-order valence-corrected chi connectivity index (χ3v) is 7.07. The molecule has 2 aliphatic rings. The number of unbranched alkanes of at least 4 members (excludes halogenated alkanes) is 1. The van der Waals surface area contributed by atoms with E-state index in [1.807, 2.05) is 6.07 Å². The lowest BCUT2D eigenvalue weighted by molar-refractivity contribution is -0.286. The van der Waals surface area contributed by atoms with Crippen molar-refractivity contribution < 1.29 is 23.0 Å². The fourth-order valence-electron chi connectivity index (χ4n) is 5.06. The maximum absolute atomic E-state index is 13.4. The molecule has 0 atom stereocenters. The second kappa shape index (κ2) is 7.82. The van der Waals surface area contributed by atoms with Gasteiger partial charge < -0.3 is 14.0 Å². The number of benzene rings is 2. The molecule has 6 heteroatoms. The minimum Gasteiger partial charge on any atom is -0.395 e. The molecule has 0 N–H and O–H groups in total. The van der Waals surface area contributed by atoms with E-state index in [0.29, 0.717) is 19.3 Å². The summed E-state index contributed by atoms with van der Waals surface area (Å²) in [5.74, 6) is 0.106. The highest BCUT2D eigenvalue weighted by atomic mass is 19.3. The van der Waals surface area contributed by atoms with E-state index in [4.69, 9.17) is 0 Å². The molecule has 0 amide bonds. The van der Waals surface area contributed by atoms with Gasteiger partial charge in [0.2, 0.25) is 0 Å². The number of aryl methyl sites for hydroxylation is 1. The second-order valence-corrected chi connectivity index (χ2v) is 10.7. The Labute approximate surface area is 198 Å². The summed E-state index contributed by atoms with van der Waals surface area (Å²) in [7, 11) is 0. The Bertz CT molecular complexity index is 1260. The van der Waals surface area contributed by atoms with Crippen molar-refractivity contribution in [2.45, 2.75) is 83.5 Å². The van der Waals surface area contributed by atoms with Gasteiger partial charge in [0.05, 0.1) is 5.41 Å². The van der Waals surface area contributed by atoms with Gasteiger partial charge in [-0.1, -0.05) is 46.2 Å². The second-order valence-electron chi connectivity index (χ2n) is 10.7. The number of fused-ring (bicyclic) bond motifs is 2. The summed E-state index contributed by atoms with van der Waals surface area (Å²) >= 11 is 0. The molecular formula is C28H31F2NO3. The van der Waals surface area contributed by atoms with E-state index < -0.39 is 11.7 Å². The van der Waals surface area contributed by atoms with Crippen LogP contribution in [-0.2, 0) is 28.6 Å². The third kappa shape index (κ3) is 3.97. The van der Waals surface area contributed by atoms with Crippen LogP contribution in [0, 0.1) is 0 Å². The summed E-state index contributed by atoms with van der Waals surface area (Å²) in [5.41, 5.74) is 3.59. The van der Waals surface area contributed by atoms with Crippen molar-refractivity contribution in [3.63, 3.8) is 0 Å². The quantitative estimate of drug-likeness (QED) is 0.379. The molecule has 34 heavy (non-hydrogen) atoms. The van der Waals surface area contributed by atoms with Gasteiger partial charge in [-0.15, -0.1) is 8.78 Å². The van der Waals surface area contributed by atoms with Crippen molar-refractivity contribution in [3.05, 3.63) is 59.3 Å². The molecule has 1 aliphatic carbocycles. The first-order chi connectivity index (χ1) is 16.0. The van der Waals surface area contributed by atoms with Crippen LogP contribution in [0.2, 0.25) is 0 Å². The van der Waals surface area contributed by atoms with Gasteiger partial charge in [-0.2, -0.15) is 0 Å². The fraction of sp³-hybridized carbons (Fsp3) is 0.464. The van der Waals surface area contributed by atoms with Crippen molar-refractivity contribution in [2.75, 3.05) is 0 Å². The van der Waals surface area contributed by atoms with Gasteiger partial charge in [-0.3, -0.25) is 4.79 Å². The predicted molar refractivity (Wildman–Crippen MR) is 128 cm³/mol. The zero-order valence-electron chi connectivity index (χ0n) is 20.2. The van der Waals surface area contributed by atoms with Gasteiger partial charge in [0.25, 0.3) is 0 Å². The van der Waals surface area contributed by atoms with E-state index in [0.717, 1.165) is 35.9 Å². The normalized spacial score (nSPS) is 17.8. The molecule has 1 aliphatic heterocycles. The molecule has 0 radical (unpaired) electrons. The van der Waals surface area contributed by atoms with Crippen molar-refractivity contribution in [3.8, 4) is 11.5 Å². The maximum atomic E-state index is 13.4. The van der Waals surface area contributed by atoms with Crippen molar-refractivity contribution in [1.82, 2.24) is 4.57 Å². The zero-order valence-corrected chi connectivity index (χ0v) is 20.2. The highest BCUT2D eigenvalue weighted by Crippen LogP contribution is 2.52. The Morgan fingerprint density at radius 1 is 1.03 bits per heavy atom. The Balaban J connectivity index is 1.41. The monoisotopic (exact) mass is 467 g/mol. The number of alkyl halides is 2. The van der Waals surface area contributed by atoms with Gasteiger partial charge in [0.15, 0.2) is 11.5 Å². The smallest absolute Gasteiger partial charge is 0.395 e. The first kappa shape index (κ1) is 22.9. The molecule has 2 heterocycles. The van der Waals surface area contributed by atoms with Crippen molar-refractivity contribution >= 4 is 16.7 Å². The topological polar surface area (TPSA) is 40.5 Å². The molecule has 1 saturated carbocycles. The van der Waals surface area contributed by atoms with E-state index >= 15 is 0 Å². The summed E-state index contributed by atoms with van der Waals surface area (Å²) < 4.78 is 38.3. The average Bonchev–Trinajstić information content (AvgIpc) is 3.39. The van der Waals surface area contributed by atoms with Crippen molar-refractivity contribution in [1.29, 1.82) is 0 Å². The number of ether oxygens (including phenoxy) is 2. The number of halogens is 2. The molecule has 0 saturated heterocycles. The minimum absolute atomic E-state index is 0.00434. The lowest BCUT2D eigenvalue weighted by atomic mass is 9.87. The largest absolute Gasteiger partial charge is 0.586 e. The predicted octanol–water partition coefficient (Wildman–Crippen LogP) is 6.90. The number of aromatic nitrogens is 1. The SMILES string of the molecule is CCCCn1c(C(C)(C)C)cc2cc(CC(=O)C3(c4ccc5c(c4)OC(F)(F)O5)CC3)ccc21. The summed E-state index contributed by atoms with van der Waals surface area (Å²) in [4.78, 5) is 13.4. The summed E-state index contributed by atoms with van der Waals surface area (Å²) in [6.07, 6.45) is 0.339. The third-order valence-electron chi connectivity index (χ3n) is 7.07. The molecular weight excluding hydrogens is 436 g/mol. The Morgan fingerprint density at radius 3 is 2.44 bits per heavy atom. The molecule has 3 aromatic rings. The van der Waals surface area contributed by atoms with Crippen LogP contribution in [-0.4, -0.2) is 16.6 Å². The highest BCUT2D eigenvalue weighted by Gasteiger charge is 2.52. The van der Waals surface area contributed by atoms with Crippen molar-refractivity contribution in [2.24, 2.45) is 0 Å². The molecule has 0 spiro atoms. The number of nitrogens with zero attached hydrogens (tertiary/aromatic N) is 1. The summed E-state index contributed by atoms with van der Waals surface area (Å²) in [5, 5.41) is 1.15. The van der Waals surface area contributed by atoms with Crippen LogP contribution in [0.3, 0.4) is 0 Å². The van der Waals surface area contributed by atoms with Gasteiger partial charge in [-0.25, -0.2) is 0 Å². The standard InChI is InChI=1S/C28H31F2NO3/c1-5-6-13-31-21-9-7-18(14-19(21)16-24(31)26(2,3)4)15-25(32)27(11-12-27)20-8-10-22-23(17-20)34-28(29,30)33-22/h7-10,14,16-17H,5-6,11-13,15H2,1-4H3. The Morgan fingerprint density at radius 2 is 1.76 bits per heavy atom. The van der Waals surface area contributed by atoms with E-state index in [9.17, 15) is 13.6 Å². The van der Waals surface area contributed by atoms with Crippen LogP contribution >= 0.6 is 0 Å². The molecule has 0 bridgehead atoms. The lowest BCUT2D eigenvalue weighted by Crippen LogP contribution is -2.26. The molecule has 1 aromatic heterocycles. The van der Waals surface area contributed by atoms with E-state index in [2.05, 4.69) is 59.9 Å². The molecule has 1 fully saturated rings. The number of Topliss-reactive ketones (excluding diaryl/α,β-unsaturated/α-hetero) is 1. The fourth-order valence-corrected chi connectivity index (χ4v) is 5.06. The number of hydrogen-bond acceptors (Lipinski definition) is 3. The number of carbonyl (C=O) groups excluding carboxylic acids is 1. The van der Waals surface area contributed by atoms with Gasteiger partial charge in [-0.05, 0) is 60.7 Å². The molecule has 0 unspecified atom stereocenters. The van der Waals surface area contributed by atoms with Crippen LogP contribution < -0.4 is 9.47 Å².